The summed E-state index contributed by atoms with van der Waals surface area (Å²) in [6.07, 6.45) is 0. The van der Waals surface area contributed by atoms with Crippen LogP contribution in [0.4, 0.5) is 0 Å². The second kappa shape index (κ2) is 4.94. The van der Waals surface area contributed by atoms with Gasteiger partial charge in [-0.1, -0.05) is 15.9 Å². The average molecular weight is 308 g/mol. The number of carbonyl (C=O) groups is 1. The summed E-state index contributed by atoms with van der Waals surface area (Å²) in [5.74, 6) is -0.854. The Kier molecular flexibility index (Phi) is 4.06. The number of hydrogen-bond acceptors (Lipinski definition) is 4. The molecule has 0 heterocycles. The molecular formula is C9H10BrNO4S. The molecule has 0 spiro atoms. The van der Waals surface area contributed by atoms with Crippen LogP contribution in [-0.2, 0) is 20.5 Å². The van der Waals surface area contributed by atoms with Crippen LogP contribution < -0.4 is 5.14 Å². The molecule has 0 atom stereocenters. The lowest BCUT2D eigenvalue weighted by Gasteiger charge is -2.04. The van der Waals surface area contributed by atoms with E-state index in [0.29, 0.717) is 10.0 Å². The van der Waals surface area contributed by atoms with E-state index in [4.69, 9.17) is 5.14 Å². The number of ether oxygens (including phenoxy) is 1. The molecule has 5 nitrogen and oxygen atoms in total. The van der Waals surface area contributed by atoms with Crippen LogP contribution >= 0.6 is 15.9 Å². The molecule has 1 aromatic rings. The number of methoxy groups -OCH3 is 1. The van der Waals surface area contributed by atoms with Gasteiger partial charge in [0.05, 0.1) is 18.4 Å². The number of carbonyl (C=O) groups excluding carboxylic acids is 1. The monoisotopic (exact) mass is 307 g/mol. The highest BCUT2D eigenvalue weighted by Gasteiger charge is 2.11. The Morgan fingerprint density at radius 2 is 2.06 bits per heavy atom. The largest absolute Gasteiger partial charge is 0.465 e. The molecule has 0 aromatic heterocycles. The summed E-state index contributed by atoms with van der Waals surface area (Å²) in [6.45, 7) is 0. The fourth-order valence-corrected chi connectivity index (χ4v) is 2.37. The van der Waals surface area contributed by atoms with Crippen LogP contribution in [0.1, 0.15) is 15.9 Å². The highest BCUT2D eigenvalue weighted by Crippen LogP contribution is 2.17. The molecule has 16 heavy (non-hydrogen) atoms. The summed E-state index contributed by atoms with van der Waals surface area (Å²) in [4.78, 5) is 11.3. The van der Waals surface area contributed by atoms with Crippen LogP contribution in [-0.4, -0.2) is 21.5 Å². The number of rotatable bonds is 3. The maximum absolute atomic E-state index is 11.3. The number of esters is 1. The van der Waals surface area contributed by atoms with E-state index < -0.39 is 16.0 Å². The first-order valence-electron chi connectivity index (χ1n) is 4.20. The van der Waals surface area contributed by atoms with Crippen LogP contribution in [0.2, 0.25) is 0 Å². The van der Waals surface area contributed by atoms with Crippen molar-refractivity contribution in [1.29, 1.82) is 0 Å². The maximum atomic E-state index is 11.3. The maximum Gasteiger partial charge on any atom is 0.337 e. The van der Waals surface area contributed by atoms with Crippen molar-refractivity contribution in [3.05, 3.63) is 33.8 Å². The molecule has 1 aromatic carbocycles. The van der Waals surface area contributed by atoms with Crippen molar-refractivity contribution in [1.82, 2.24) is 0 Å². The molecule has 0 bridgehead atoms. The lowest BCUT2D eigenvalue weighted by molar-refractivity contribution is 0.0600. The van der Waals surface area contributed by atoms with Gasteiger partial charge < -0.3 is 4.74 Å². The van der Waals surface area contributed by atoms with E-state index in [1.807, 2.05) is 0 Å². The predicted molar refractivity (Wildman–Crippen MR) is 62.3 cm³/mol. The Morgan fingerprint density at radius 1 is 1.44 bits per heavy atom. The zero-order valence-electron chi connectivity index (χ0n) is 8.44. The van der Waals surface area contributed by atoms with Gasteiger partial charge in [0.2, 0.25) is 10.0 Å². The first kappa shape index (κ1) is 13.1. The molecule has 2 N–H and O–H groups in total. The van der Waals surface area contributed by atoms with Crippen molar-refractivity contribution in [2.75, 3.05) is 7.11 Å². The van der Waals surface area contributed by atoms with Gasteiger partial charge in [-0.25, -0.2) is 18.4 Å². The second-order valence-electron chi connectivity index (χ2n) is 3.15. The van der Waals surface area contributed by atoms with Gasteiger partial charge in [-0.05, 0) is 23.8 Å². The van der Waals surface area contributed by atoms with E-state index in [1.54, 1.807) is 12.1 Å². The zero-order valence-corrected chi connectivity index (χ0v) is 10.8. The van der Waals surface area contributed by atoms with Crippen molar-refractivity contribution >= 4 is 31.9 Å². The topological polar surface area (TPSA) is 86.5 Å². The lowest BCUT2D eigenvalue weighted by atomic mass is 10.1. The van der Waals surface area contributed by atoms with Gasteiger partial charge in [-0.2, -0.15) is 0 Å². The Balaban J connectivity index is 3.13. The second-order valence-corrected chi connectivity index (χ2v) is 5.68. The predicted octanol–water partition coefficient (Wildman–Crippen LogP) is 1.02. The molecule has 0 saturated carbocycles. The first-order chi connectivity index (χ1) is 7.31. The van der Waals surface area contributed by atoms with E-state index >= 15 is 0 Å². The summed E-state index contributed by atoms with van der Waals surface area (Å²) < 4.78 is 26.9. The van der Waals surface area contributed by atoms with E-state index in [0.717, 1.165) is 0 Å². The van der Waals surface area contributed by atoms with E-state index in [1.165, 1.54) is 13.2 Å². The Labute approximate surface area is 102 Å². The summed E-state index contributed by atoms with van der Waals surface area (Å²) >= 11 is 3.17. The van der Waals surface area contributed by atoms with Crippen LogP contribution in [0.5, 0.6) is 0 Å². The molecule has 0 aliphatic carbocycles. The summed E-state index contributed by atoms with van der Waals surface area (Å²) in [7, 11) is -2.36. The normalized spacial score (nSPS) is 11.2. The van der Waals surface area contributed by atoms with Crippen LogP contribution in [0.25, 0.3) is 0 Å². The van der Waals surface area contributed by atoms with Gasteiger partial charge in [-0.15, -0.1) is 0 Å². The number of primary sulfonamides is 1. The smallest absolute Gasteiger partial charge is 0.337 e. The Morgan fingerprint density at radius 3 is 2.56 bits per heavy atom. The molecule has 0 aliphatic rings. The van der Waals surface area contributed by atoms with E-state index in [-0.39, 0.29) is 11.3 Å². The molecule has 0 aliphatic heterocycles. The number of sulfonamides is 1. The van der Waals surface area contributed by atoms with Gasteiger partial charge >= 0.3 is 5.97 Å². The van der Waals surface area contributed by atoms with Crippen molar-refractivity contribution in [3.63, 3.8) is 0 Å². The van der Waals surface area contributed by atoms with Crippen LogP contribution in [0, 0.1) is 0 Å². The van der Waals surface area contributed by atoms with Gasteiger partial charge in [0.1, 0.15) is 0 Å². The SMILES string of the molecule is COC(=O)c1cc(Br)cc(CS(N)(=O)=O)c1. The molecule has 88 valence electrons. The fourth-order valence-electron chi connectivity index (χ4n) is 1.20. The van der Waals surface area contributed by atoms with Gasteiger partial charge in [0.25, 0.3) is 0 Å². The summed E-state index contributed by atoms with van der Waals surface area (Å²) in [5.41, 5.74) is 0.702. The van der Waals surface area contributed by atoms with Crippen molar-refractivity contribution in [2.24, 2.45) is 5.14 Å². The molecule has 1 rings (SSSR count). The fraction of sp³-hybridized carbons (Fsp3) is 0.222. The van der Waals surface area contributed by atoms with Crippen LogP contribution in [0.15, 0.2) is 22.7 Å². The zero-order chi connectivity index (χ0) is 12.3. The van der Waals surface area contributed by atoms with Gasteiger partial charge in [-0.3, -0.25) is 0 Å². The van der Waals surface area contributed by atoms with E-state index in [2.05, 4.69) is 20.7 Å². The third kappa shape index (κ3) is 3.92. The first-order valence-corrected chi connectivity index (χ1v) is 6.71. The Hall–Kier alpha value is -0.920. The molecule has 0 fully saturated rings. The standard InChI is InChI=1S/C9H10BrNO4S/c1-15-9(12)7-2-6(3-8(10)4-7)5-16(11,13)14/h2-4H,5H2,1H3,(H2,11,13,14). The quantitative estimate of drug-likeness (QED) is 0.845. The number of nitrogens with two attached hydrogens (primary N) is 1. The molecule has 0 radical (unpaired) electrons. The third-order valence-corrected chi connectivity index (χ3v) is 2.94. The van der Waals surface area contributed by atoms with E-state index in [9.17, 15) is 13.2 Å². The number of halogens is 1. The minimum atomic E-state index is -3.62. The summed E-state index contributed by atoms with van der Waals surface area (Å²) in [6, 6.07) is 4.55. The molecular weight excluding hydrogens is 298 g/mol. The number of benzene rings is 1. The van der Waals surface area contributed by atoms with Gasteiger partial charge in [0.15, 0.2) is 0 Å². The third-order valence-electron chi connectivity index (χ3n) is 1.75. The van der Waals surface area contributed by atoms with Gasteiger partial charge in [0, 0.05) is 4.47 Å². The minimum Gasteiger partial charge on any atom is -0.465 e. The van der Waals surface area contributed by atoms with Crippen molar-refractivity contribution < 1.29 is 17.9 Å². The molecule has 0 amide bonds. The van der Waals surface area contributed by atoms with Crippen molar-refractivity contribution in [2.45, 2.75) is 5.75 Å². The highest BCUT2D eigenvalue weighted by molar-refractivity contribution is 9.10. The Bertz CT molecular complexity index is 512. The number of hydrogen-bond donors (Lipinski definition) is 1. The van der Waals surface area contributed by atoms with Crippen molar-refractivity contribution in [3.8, 4) is 0 Å². The average Bonchev–Trinajstić information content (AvgIpc) is 2.12. The molecule has 7 heteroatoms. The molecule has 0 saturated heterocycles. The highest BCUT2D eigenvalue weighted by atomic mass is 79.9. The lowest BCUT2D eigenvalue weighted by Crippen LogP contribution is -2.15. The molecule has 0 unspecified atom stereocenters. The minimum absolute atomic E-state index is 0.274. The van der Waals surface area contributed by atoms with Crippen LogP contribution in [0.3, 0.4) is 0 Å². The summed E-state index contributed by atoms with van der Waals surface area (Å²) in [5, 5.41) is 4.92.